The molecule has 0 radical (unpaired) electrons. The Morgan fingerprint density at radius 1 is 1.35 bits per heavy atom. The molecule has 17 heavy (non-hydrogen) atoms. The van der Waals surface area contributed by atoms with E-state index >= 15 is 0 Å². The van der Waals surface area contributed by atoms with Gasteiger partial charge in [0.1, 0.15) is 11.7 Å². The number of hydrogen-bond acceptors (Lipinski definition) is 3. The van der Waals surface area contributed by atoms with E-state index in [1.165, 1.54) is 24.4 Å². The molecule has 0 N–H and O–H groups in total. The van der Waals surface area contributed by atoms with E-state index in [1.54, 1.807) is 12.1 Å². The lowest BCUT2D eigenvalue weighted by molar-refractivity contribution is 0.627. The van der Waals surface area contributed by atoms with Crippen LogP contribution in [0.3, 0.4) is 0 Å². The molecule has 1 unspecified atom stereocenters. The van der Waals surface area contributed by atoms with Gasteiger partial charge in [0, 0.05) is 6.20 Å². The molecule has 84 valence electrons. The van der Waals surface area contributed by atoms with E-state index in [1.807, 2.05) is 0 Å². The van der Waals surface area contributed by atoms with Crippen LogP contribution < -0.4 is 0 Å². The van der Waals surface area contributed by atoms with Crippen LogP contribution in [0, 0.1) is 17.1 Å². The monoisotopic (exact) mass is 247 g/mol. The highest BCUT2D eigenvalue weighted by atomic mass is 35.5. The first-order chi connectivity index (χ1) is 8.22. The highest BCUT2D eigenvalue weighted by Crippen LogP contribution is 2.25. The van der Waals surface area contributed by atoms with Crippen LogP contribution in [0.5, 0.6) is 0 Å². The Kier molecular flexibility index (Phi) is 3.31. The number of halogens is 2. The molecule has 0 aliphatic carbocycles. The van der Waals surface area contributed by atoms with E-state index in [-0.39, 0.29) is 5.02 Å². The summed E-state index contributed by atoms with van der Waals surface area (Å²) in [6.45, 7) is 0. The van der Waals surface area contributed by atoms with Crippen molar-refractivity contribution in [3.8, 4) is 6.07 Å². The molecule has 0 aliphatic rings. The highest BCUT2D eigenvalue weighted by molar-refractivity contribution is 6.30. The second kappa shape index (κ2) is 4.89. The van der Waals surface area contributed by atoms with Crippen molar-refractivity contribution in [1.82, 2.24) is 10.2 Å². The van der Waals surface area contributed by atoms with Gasteiger partial charge in [0.05, 0.1) is 16.8 Å². The maximum absolute atomic E-state index is 13.0. The first-order valence-corrected chi connectivity index (χ1v) is 5.22. The summed E-state index contributed by atoms with van der Waals surface area (Å²) in [5, 5.41) is 16.7. The van der Waals surface area contributed by atoms with E-state index in [0.29, 0.717) is 11.3 Å². The van der Waals surface area contributed by atoms with Crippen molar-refractivity contribution in [3.63, 3.8) is 0 Å². The van der Waals surface area contributed by atoms with Crippen LogP contribution in [0.2, 0.25) is 5.02 Å². The zero-order valence-electron chi connectivity index (χ0n) is 8.64. The number of aromatic nitrogens is 2. The Balaban J connectivity index is 2.44. The Morgan fingerprint density at radius 2 is 2.18 bits per heavy atom. The predicted octanol–water partition coefficient (Wildman–Crippen LogP) is 2.92. The van der Waals surface area contributed by atoms with Crippen LogP contribution in [0.15, 0.2) is 36.5 Å². The normalized spacial score (nSPS) is 11.8. The topological polar surface area (TPSA) is 49.6 Å². The number of nitriles is 1. The Morgan fingerprint density at radius 3 is 2.76 bits per heavy atom. The lowest BCUT2D eigenvalue weighted by Gasteiger charge is -2.08. The molecular weight excluding hydrogens is 241 g/mol. The van der Waals surface area contributed by atoms with E-state index in [4.69, 9.17) is 16.9 Å². The van der Waals surface area contributed by atoms with E-state index in [9.17, 15) is 4.39 Å². The van der Waals surface area contributed by atoms with E-state index < -0.39 is 11.7 Å². The lowest BCUT2D eigenvalue weighted by atomic mass is 9.97. The van der Waals surface area contributed by atoms with Gasteiger partial charge >= 0.3 is 0 Å². The summed E-state index contributed by atoms with van der Waals surface area (Å²) >= 11 is 5.68. The van der Waals surface area contributed by atoms with Gasteiger partial charge in [-0.1, -0.05) is 17.7 Å². The van der Waals surface area contributed by atoms with Crippen molar-refractivity contribution in [2.24, 2.45) is 0 Å². The molecular formula is C12H7ClFN3. The fourth-order valence-corrected chi connectivity index (χ4v) is 1.66. The minimum absolute atomic E-state index is 0.00774. The fourth-order valence-electron chi connectivity index (χ4n) is 1.47. The van der Waals surface area contributed by atoms with Gasteiger partial charge in [-0.15, -0.1) is 0 Å². The van der Waals surface area contributed by atoms with Crippen LogP contribution in [0.25, 0.3) is 0 Å². The quantitative estimate of drug-likeness (QED) is 0.820. The molecule has 0 fully saturated rings. The average molecular weight is 248 g/mol. The molecule has 0 bridgehead atoms. The summed E-state index contributed by atoms with van der Waals surface area (Å²) in [6.07, 6.45) is 1.52. The van der Waals surface area contributed by atoms with Crippen molar-refractivity contribution < 1.29 is 4.39 Å². The second-order valence-corrected chi connectivity index (χ2v) is 3.79. The number of nitrogens with zero attached hydrogens (tertiary/aromatic N) is 3. The SMILES string of the molecule is N#CC(c1ccc(F)c(Cl)c1)c1cccnn1. The lowest BCUT2D eigenvalue weighted by Crippen LogP contribution is -2.02. The summed E-state index contributed by atoms with van der Waals surface area (Å²) in [5.41, 5.74) is 1.11. The standard InChI is InChI=1S/C12H7ClFN3/c13-10-6-8(3-4-11(10)14)9(7-15)12-2-1-5-16-17-12/h1-6,9H. The maximum atomic E-state index is 13.0. The zero-order valence-corrected chi connectivity index (χ0v) is 9.39. The first kappa shape index (κ1) is 11.5. The third kappa shape index (κ3) is 2.40. The summed E-state index contributed by atoms with van der Waals surface area (Å²) < 4.78 is 13.0. The number of rotatable bonds is 2. The molecule has 1 aromatic carbocycles. The molecule has 1 atom stereocenters. The van der Waals surface area contributed by atoms with Crippen LogP contribution in [-0.4, -0.2) is 10.2 Å². The molecule has 1 heterocycles. The van der Waals surface area contributed by atoms with Crippen molar-refractivity contribution in [3.05, 3.63) is 58.6 Å². The minimum atomic E-state index is -0.596. The summed E-state index contributed by atoms with van der Waals surface area (Å²) in [6, 6.07) is 9.66. The van der Waals surface area contributed by atoms with E-state index in [0.717, 1.165) is 0 Å². The third-order valence-corrected chi connectivity index (χ3v) is 2.58. The molecule has 5 heteroatoms. The minimum Gasteiger partial charge on any atom is -0.205 e. The fraction of sp³-hybridized carbons (Fsp3) is 0.0833. The van der Waals surface area contributed by atoms with Gasteiger partial charge in [-0.2, -0.15) is 15.5 Å². The summed E-state index contributed by atoms with van der Waals surface area (Å²) in [4.78, 5) is 0. The predicted molar refractivity (Wildman–Crippen MR) is 60.9 cm³/mol. The molecule has 0 amide bonds. The van der Waals surface area contributed by atoms with Gasteiger partial charge < -0.3 is 0 Å². The molecule has 0 saturated carbocycles. The van der Waals surface area contributed by atoms with Gasteiger partial charge in [0.2, 0.25) is 0 Å². The van der Waals surface area contributed by atoms with Crippen LogP contribution in [0.4, 0.5) is 4.39 Å². The Bertz CT molecular complexity index is 566. The molecule has 1 aromatic heterocycles. The first-order valence-electron chi connectivity index (χ1n) is 4.84. The van der Waals surface area contributed by atoms with Gasteiger partial charge in [-0.25, -0.2) is 4.39 Å². The highest BCUT2D eigenvalue weighted by Gasteiger charge is 2.16. The third-order valence-electron chi connectivity index (χ3n) is 2.29. The maximum Gasteiger partial charge on any atom is 0.141 e. The molecule has 3 nitrogen and oxygen atoms in total. The summed E-state index contributed by atoms with van der Waals surface area (Å²) in [7, 11) is 0. The molecule has 2 rings (SSSR count). The second-order valence-electron chi connectivity index (χ2n) is 3.38. The van der Waals surface area contributed by atoms with Crippen molar-refractivity contribution in [2.45, 2.75) is 5.92 Å². The van der Waals surface area contributed by atoms with Crippen molar-refractivity contribution in [1.29, 1.82) is 5.26 Å². The smallest absolute Gasteiger partial charge is 0.141 e. The van der Waals surface area contributed by atoms with Crippen molar-refractivity contribution >= 4 is 11.6 Å². The average Bonchev–Trinajstić information content (AvgIpc) is 2.36. The molecule has 2 aromatic rings. The number of hydrogen-bond donors (Lipinski definition) is 0. The molecule has 0 saturated heterocycles. The largest absolute Gasteiger partial charge is 0.205 e. The van der Waals surface area contributed by atoms with Crippen LogP contribution in [-0.2, 0) is 0 Å². The Labute approximate surface area is 102 Å². The van der Waals surface area contributed by atoms with Crippen LogP contribution in [0.1, 0.15) is 17.2 Å². The molecule has 0 spiro atoms. The van der Waals surface area contributed by atoms with E-state index in [2.05, 4.69) is 16.3 Å². The van der Waals surface area contributed by atoms with Crippen LogP contribution >= 0.6 is 11.6 Å². The summed E-state index contributed by atoms with van der Waals surface area (Å²) in [5.74, 6) is -1.10. The number of benzene rings is 1. The van der Waals surface area contributed by atoms with Gasteiger partial charge in [0.25, 0.3) is 0 Å². The molecule has 0 aliphatic heterocycles. The Hall–Kier alpha value is -1.99. The van der Waals surface area contributed by atoms with Crippen molar-refractivity contribution in [2.75, 3.05) is 0 Å². The van der Waals surface area contributed by atoms with Gasteiger partial charge in [-0.05, 0) is 29.8 Å². The van der Waals surface area contributed by atoms with Gasteiger partial charge in [-0.3, -0.25) is 0 Å². The zero-order chi connectivity index (χ0) is 12.3. The van der Waals surface area contributed by atoms with Gasteiger partial charge in [0.15, 0.2) is 0 Å².